The summed E-state index contributed by atoms with van der Waals surface area (Å²) in [6, 6.07) is 6.93. The summed E-state index contributed by atoms with van der Waals surface area (Å²) in [5, 5.41) is 0. The number of hydrogen-bond donors (Lipinski definition) is 2. The minimum absolute atomic E-state index is 0.459. The molecule has 0 atom stereocenters. The molecule has 0 heterocycles. The maximum absolute atomic E-state index is 12.2. The normalized spacial score (nSPS) is 12.6. The first-order chi connectivity index (χ1) is 7.81. The first kappa shape index (κ1) is 14.0. The Labute approximate surface area is 103 Å². The van der Waals surface area contributed by atoms with E-state index in [2.05, 4.69) is 4.72 Å². The van der Waals surface area contributed by atoms with E-state index in [9.17, 15) is 8.42 Å². The van der Waals surface area contributed by atoms with Crippen molar-refractivity contribution in [2.75, 3.05) is 12.3 Å². The van der Waals surface area contributed by atoms with Gasteiger partial charge in [-0.15, -0.1) is 0 Å². The molecule has 5 heteroatoms. The van der Waals surface area contributed by atoms with Crippen LogP contribution in [0.5, 0.6) is 0 Å². The molecule has 96 valence electrons. The second kappa shape index (κ2) is 5.06. The zero-order chi connectivity index (χ0) is 13.1. The van der Waals surface area contributed by atoms with E-state index >= 15 is 0 Å². The molecule has 0 saturated carbocycles. The Morgan fingerprint density at radius 2 is 1.76 bits per heavy atom. The molecular formula is C12H20N2O2S. The van der Waals surface area contributed by atoms with Crippen molar-refractivity contribution in [2.45, 2.75) is 31.9 Å². The maximum atomic E-state index is 12.2. The van der Waals surface area contributed by atoms with Gasteiger partial charge in [-0.1, -0.05) is 19.1 Å². The van der Waals surface area contributed by atoms with Crippen molar-refractivity contribution in [3.8, 4) is 0 Å². The average molecular weight is 256 g/mol. The molecule has 4 nitrogen and oxygen atoms in total. The predicted molar refractivity (Wildman–Crippen MR) is 71.1 cm³/mol. The van der Waals surface area contributed by atoms with Crippen LogP contribution in [0.3, 0.4) is 0 Å². The van der Waals surface area contributed by atoms with Gasteiger partial charge in [-0.05, 0) is 38.0 Å². The average Bonchev–Trinajstić information content (AvgIpc) is 2.27. The van der Waals surface area contributed by atoms with Gasteiger partial charge in [-0.2, -0.15) is 0 Å². The molecule has 1 rings (SSSR count). The van der Waals surface area contributed by atoms with Crippen LogP contribution in [0.15, 0.2) is 24.3 Å². The highest BCUT2D eigenvalue weighted by atomic mass is 32.2. The molecule has 0 bridgehead atoms. The van der Waals surface area contributed by atoms with Gasteiger partial charge in [0, 0.05) is 12.2 Å². The molecule has 17 heavy (non-hydrogen) atoms. The van der Waals surface area contributed by atoms with Gasteiger partial charge in [-0.25, -0.2) is 13.1 Å². The van der Waals surface area contributed by atoms with Gasteiger partial charge in [0.15, 0.2) is 0 Å². The molecule has 0 spiro atoms. The van der Waals surface area contributed by atoms with Crippen molar-refractivity contribution in [2.24, 2.45) is 0 Å². The molecule has 0 radical (unpaired) electrons. The Morgan fingerprint density at radius 1 is 1.24 bits per heavy atom. The Kier molecular flexibility index (Phi) is 4.16. The first-order valence-corrected chi connectivity index (χ1v) is 7.15. The van der Waals surface area contributed by atoms with Crippen LogP contribution in [-0.4, -0.2) is 15.0 Å². The van der Waals surface area contributed by atoms with Crippen molar-refractivity contribution in [1.82, 2.24) is 4.72 Å². The van der Waals surface area contributed by atoms with Crippen LogP contribution in [0.2, 0.25) is 0 Å². The van der Waals surface area contributed by atoms with Gasteiger partial charge in [0.2, 0.25) is 10.0 Å². The second-order valence-electron chi connectivity index (χ2n) is 4.53. The van der Waals surface area contributed by atoms with Gasteiger partial charge in [0.25, 0.3) is 0 Å². The number of anilines is 1. The van der Waals surface area contributed by atoms with Crippen LogP contribution in [0.1, 0.15) is 32.8 Å². The molecule has 0 unspecified atom stereocenters. The molecule has 0 saturated heterocycles. The number of nitrogens with one attached hydrogen (secondary N) is 1. The van der Waals surface area contributed by atoms with Gasteiger partial charge < -0.3 is 5.73 Å². The summed E-state index contributed by atoms with van der Waals surface area (Å²) >= 11 is 0. The highest BCUT2D eigenvalue weighted by Gasteiger charge is 2.35. The van der Waals surface area contributed by atoms with E-state index in [0.717, 1.165) is 12.0 Å². The Bertz CT molecular complexity index is 464. The van der Waals surface area contributed by atoms with Gasteiger partial charge in [0.05, 0.1) is 0 Å². The lowest BCUT2D eigenvalue weighted by atomic mass is 10.0. The molecule has 0 aromatic heterocycles. The SMILES string of the molecule is CCCNS(=O)(=O)C(C)(C)c1ccc(N)cc1. The quantitative estimate of drug-likeness (QED) is 0.789. The van der Waals surface area contributed by atoms with E-state index in [1.54, 1.807) is 38.1 Å². The number of nitrogen functional groups attached to an aromatic ring is 1. The third-order valence-electron chi connectivity index (χ3n) is 2.82. The zero-order valence-electron chi connectivity index (χ0n) is 10.5. The third-order valence-corrected chi connectivity index (χ3v) is 4.98. The molecule has 0 aliphatic carbocycles. The summed E-state index contributed by atoms with van der Waals surface area (Å²) in [5.41, 5.74) is 6.95. The Balaban J connectivity index is 3.05. The first-order valence-electron chi connectivity index (χ1n) is 5.66. The van der Waals surface area contributed by atoms with E-state index < -0.39 is 14.8 Å². The highest BCUT2D eigenvalue weighted by molar-refractivity contribution is 7.90. The van der Waals surface area contributed by atoms with Crippen LogP contribution >= 0.6 is 0 Å². The number of hydrogen-bond acceptors (Lipinski definition) is 3. The van der Waals surface area contributed by atoms with Crippen LogP contribution in [0, 0.1) is 0 Å². The summed E-state index contributed by atoms with van der Waals surface area (Å²) in [7, 11) is -3.38. The Morgan fingerprint density at radius 3 is 2.24 bits per heavy atom. The lowest BCUT2D eigenvalue weighted by Gasteiger charge is -2.25. The monoisotopic (exact) mass is 256 g/mol. The second-order valence-corrected chi connectivity index (χ2v) is 6.85. The Hall–Kier alpha value is -1.07. The molecule has 0 fully saturated rings. The fourth-order valence-electron chi connectivity index (χ4n) is 1.46. The minimum atomic E-state index is -3.38. The standard InChI is InChI=1S/C12H20N2O2S/c1-4-9-14-17(15,16)12(2,3)10-5-7-11(13)8-6-10/h5-8,14H,4,9,13H2,1-3H3. The number of sulfonamides is 1. The van der Waals surface area contributed by atoms with Crippen molar-refractivity contribution < 1.29 is 8.42 Å². The lowest BCUT2D eigenvalue weighted by Crippen LogP contribution is -2.39. The molecule has 3 N–H and O–H groups in total. The number of benzene rings is 1. The van der Waals surface area contributed by atoms with Crippen molar-refractivity contribution >= 4 is 15.7 Å². The number of rotatable bonds is 5. The fraction of sp³-hybridized carbons (Fsp3) is 0.500. The van der Waals surface area contributed by atoms with E-state index in [-0.39, 0.29) is 0 Å². The largest absolute Gasteiger partial charge is 0.399 e. The molecule has 0 aliphatic heterocycles. The summed E-state index contributed by atoms with van der Waals surface area (Å²) in [4.78, 5) is 0. The molecular weight excluding hydrogens is 236 g/mol. The topological polar surface area (TPSA) is 72.2 Å². The van der Waals surface area contributed by atoms with Crippen LogP contribution in [0.4, 0.5) is 5.69 Å². The summed E-state index contributed by atoms with van der Waals surface area (Å²) in [6.07, 6.45) is 0.775. The third kappa shape index (κ3) is 2.98. The fourth-order valence-corrected chi connectivity index (χ4v) is 2.74. The van der Waals surface area contributed by atoms with Crippen molar-refractivity contribution in [1.29, 1.82) is 0 Å². The van der Waals surface area contributed by atoms with Crippen LogP contribution in [-0.2, 0) is 14.8 Å². The minimum Gasteiger partial charge on any atom is -0.399 e. The van der Waals surface area contributed by atoms with E-state index in [1.165, 1.54) is 0 Å². The van der Waals surface area contributed by atoms with E-state index in [4.69, 9.17) is 5.73 Å². The highest BCUT2D eigenvalue weighted by Crippen LogP contribution is 2.29. The molecule has 1 aromatic rings. The summed E-state index contributed by atoms with van der Waals surface area (Å²) in [6.45, 7) is 5.77. The smallest absolute Gasteiger partial charge is 0.221 e. The predicted octanol–water partition coefficient (Wildman–Crippen LogP) is 1.83. The van der Waals surface area contributed by atoms with Gasteiger partial charge in [0.1, 0.15) is 4.75 Å². The van der Waals surface area contributed by atoms with Crippen LogP contribution < -0.4 is 10.5 Å². The molecule has 1 aromatic carbocycles. The van der Waals surface area contributed by atoms with E-state index in [1.807, 2.05) is 6.92 Å². The maximum Gasteiger partial charge on any atom is 0.221 e. The van der Waals surface area contributed by atoms with E-state index in [0.29, 0.717) is 12.2 Å². The van der Waals surface area contributed by atoms with Gasteiger partial charge >= 0.3 is 0 Å². The summed E-state index contributed by atoms with van der Waals surface area (Å²) < 4.78 is 25.9. The van der Waals surface area contributed by atoms with Crippen molar-refractivity contribution in [3.63, 3.8) is 0 Å². The number of nitrogens with two attached hydrogens (primary N) is 1. The molecule has 0 amide bonds. The van der Waals surface area contributed by atoms with Crippen molar-refractivity contribution in [3.05, 3.63) is 29.8 Å². The zero-order valence-corrected chi connectivity index (χ0v) is 11.3. The molecule has 0 aliphatic rings. The summed E-state index contributed by atoms with van der Waals surface area (Å²) in [5.74, 6) is 0. The van der Waals surface area contributed by atoms with Gasteiger partial charge in [-0.3, -0.25) is 0 Å². The lowest BCUT2D eigenvalue weighted by molar-refractivity contribution is 0.539. The van der Waals surface area contributed by atoms with Crippen LogP contribution in [0.25, 0.3) is 0 Å².